The molecule has 0 N–H and O–H groups in total. The molecule has 3 aromatic carbocycles. The van der Waals surface area contributed by atoms with Crippen molar-refractivity contribution < 1.29 is 19.1 Å². The van der Waals surface area contributed by atoms with Crippen LogP contribution < -0.4 is 4.74 Å². The third-order valence-electron chi connectivity index (χ3n) is 4.24. The van der Waals surface area contributed by atoms with Gasteiger partial charge in [0.1, 0.15) is 5.75 Å². The molecule has 0 heterocycles. The summed E-state index contributed by atoms with van der Waals surface area (Å²) in [5.41, 5.74) is 3.46. The first-order valence-corrected chi connectivity index (χ1v) is 9.13. The third kappa shape index (κ3) is 5.07. The maximum absolute atomic E-state index is 12.6. The van der Waals surface area contributed by atoms with Crippen LogP contribution in [0, 0.1) is 13.8 Å². The molecule has 142 valence electrons. The highest BCUT2D eigenvalue weighted by molar-refractivity contribution is 6.03. The normalized spacial score (nSPS) is 10.4. The molecule has 0 bridgehead atoms. The average molecular weight is 374 g/mol. The molecule has 0 saturated heterocycles. The zero-order valence-corrected chi connectivity index (χ0v) is 16.0. The first-order valence-electron chi connectivity index (χ1n) is 9.13. The molecule has 0 atom stereocenters. The second kappa shape index (κ2) is 9.00. The van der Waals surface area contributed by atoms with Crippen LogP contribution in [0.25, 0.3) is 0 Å². The van der Waals surface area contributed by atoms with Gasteiger partial charge in [0.05, 0.1) is 17.7 Å². The molecular formula is C24H22O4. The Morgan fingerprint density at radius 2 is 1.32 bits per heavy atom. The second-order valence-corrected chi connectivity index (χ2v) is 6.63. The van der Waals surface area contributed by atoms with E-state index in [1.54, 1.807) is 36.4 Å². The number of aryl methyl sites for hydroxylation is 2. The van der Waals surface area contributed by atoms with Crippen LogP contribution in [0.15, 0.2) is 72.8 Å². The molecule has 0 radical (unpaired) electrons. The van der Waals surface area contributed by atoms with Crippen LogP contribution in [-0.4, -0.2) is 18.5 Å². The minimum Gasteiger partial charge on any atom is -0.462 e. The fraction of sp³-hybridized carbons (Fsp3) is 0.167. The number of hydrogen-bond donors (Lipinski definition) is 0. The zero-order valence-electron chi connectivity index (χ0n) is 16.0. The first-order chi connectivity index (χ1) is 13.5. The fourth-order valence-electron chi connectivity index (χ4n) is 2.98. The Bertz CT molecular complexity index is 957. The van der Waals surface area contributed by atoms with Crippen molar-refractivity contribution in [2.24, 2.45) is 0 Å². The lowest BCUT2D eigenvalue weighted by molar-refractivity contribution is 0.0500. The van der Waals surface area contributed by atoms with Crippen LogP contribution >= 0.6 is 0 Å². The van der Waals surface area contributed by atoms with Crippen molar-refractivity contribution in [3.8, 4) is 5.75 Å². The highest BCUT2D eigenvalue weighted by Gasteiger charge is 2.19. The van der Waals surface area contributed by atoms with E-state index in [1.165, 1.54) is 0 Å². The van der Waals surface area contributed by atoms with Gasteiger partial charge >= 0.3 is 11.9 Å². The minimum atomic E-state index is -0.583. The molecule has 0 aliphatic heterocycles. The van der Waals surface area contributed by atoms with E-state index in [-0.39, 0.29) is 17.7 Å². The van der Waals surface area contributed by atoms with Gasteiger partial charge in [-0.25, -0.2) is 9.59 Å². The first kappa shape index (κ1) is 19.4. The Kier molecular flexibility index (Phi) is 6.22. The van der Waals surface area contributed by atoms with Crippen molar-refractivity contribution in [1.82, 2.24) is 0 Å². The topological polar surface area (TPSA) is 52.6 Å². The summed E-state index contributed by atoms with van der Waals surface area (Å²) >= 11 is 0. The lowest BCUT2D eigenvalue weighted by atomic mass is 10.1. The van der Waals surface area contributed by atoms with Gasteiger partial charge in [0.25, 0.3) is 0 Å². The number of esters is 2. The minimum absolute atomic E-state index is 0.186. The van der Waals surface area contributed by atoms with E-state index in [2.05, 4.69) is 0 Å². The Balaban J connectivity index is 1.69. The SMILES string of the molecule is Cc1cc(C)cc(OC(=O)c2ccccc2C(=O)OCCc2ccccc2)c1. The van der Waals surface area contributed by atoms with Crippen molar-refractivity contribution >= 4 is 11.9 Å². The van der Waals surface area contributed by atoms with Gasteiger partial charge in [-0.2, -0.15) is 0 Å². The number of hydrogen-bond acceptors (Lipinski definition) is 4. The molecule has 0 unspecified atom stereocenters. The van der Waals surface area contributed by atoms with E-state index in [4.69, 9.17) is 9.47 Å². The van der Waals surface area contributed by atoms with Gasteiger partial charge in [-0.1, -0.05) is 48.5 Å². The molecule has 0 aromatic heterocycles. The fourth-order valence-corrected chi connectivity index (χ4v) is 2.98. The van der Waals surface area contributed by atoms with E-state index in [1.807, 2.05) is 50.2 Å². The van der Waals surface area contributed by atoms with Crippen molar-refractivity contribution in [1.29, 1.82) is 0 Å². The van der Waals surface area contributed by atoms with Crippen LogP contribution in [0.4, 0.5) is 0 Å². The summed E-state index contributed by atoms with van der Waals surface area (Å²) in [7, 11) is 0. The molecule has 28 heavy (non-hydrogen) atoms. The van der Waals surface area contributed by atoms with Gasteiger partial charge < -0.3 is 9.47 Å². The summed E-state index contributed by atoms with van der Waals surface area (Å²) < 4.78 is 10.8. The van der Waals surface area contributed by atoms with Gasteiger partial charge in [0.2, 0.25) is 0 Å². The molecule has 3 rings (SSSR count). The molecule has 4 heteroatoms. The van der Waals surface area contributed by atoms with Gasteiger partial charge in [0.15, 0.2) is 0 Å². The van der Waals surface area contributed by atoms with Crippen molar-refractivity contribution in [3.63, 3.8) is 0 Å². The van der Waals surface area contributed by atoms with Crippen molar-refractivity contribution in [3.05, 3.63) is 101 Å². The highest BCUT2D eigenvalue weighted by Crippen LogP contribution is 2.19. The zero-order chi connectivity index (χ0) is 19.9. The highest BCUT2D eigenvalue weighted by atomic mass is 16.5. The number of carbonyl (C=O) groups is 2. The summed E-state index contributed by atoms with van der Waals surface area (Å²) in [4.78, 5) is 25.1. The summed E-state index contributed by atoms with van der Waals surface area (Å²) in [6, 6.07) is 21.9. The molecule has 0 fully saturated rings. The quantitative estimate of drug-likeness (QED) is 0.454. The molecule has 3 aromatic rings. The Hall–Kier alpha value is -3.40. The standard InChI is InChI=1S/C24H22O4/c1-17-14-18(2)16-20(15-17)28-24(26)22-11-7-6-10-21(22)23(25)27-13-12-19-8-4-3-5-9-19/h3-11,14-16H,12-13H2,1-2H3. The van der Waals surface area contributed by atoms with Gasteiger partial charge in [0, 0.05) is 6.42 Å². The smallest absolute Gasteiger partial charge is 0.344 e. The summed E-state index contributed by atoms with van der Waals surface area (Å²) in [6.45, 7) is 4.11. The van der Waals surface area contributed by atoms with E-state index in [9.17, 15) is 9.59 Å². The summed E-state index contributed by atoms with van der Waals surface area (Å²) in [5.74, 6) is -0.667. The van der Waals surface area contributed by atoms with Gasteiger partial charge in [-0.05, 0) is 54.8 Å². The maximum Gasteiger partial charge on any atom is 0.344 e. The average Bonchev–Trinajstić information content (AvgIpc) is 2.68. The largest absolute Gasteiger partial charge is 0.462 e. The van der Waals surface area contributed by atoms with Crippen LogP contribution in [0.1, 0.15) is 37.4 Å². The maximum atomic E-state index is 12.6. The van der Waals surface area contributed by atoms with Crippen LogP contribution in [0.2, 0.25) is 0 Å². The van der Waals surface area contributed by atoms with Crippen LogP contribution in [0.5, 0.6) is 5.75 Å². The van der Waals surface area contributed by atoms with Crippen molar-refractivity contribution in [2.75, 3.05) is 6.61 Å². The second-order valence-electron chi connectivity index (χ2n) is 6.63. The molecule has 0 amide bonds. The van der Waals surface area contributed by atoms with E-state index >= 15 is 0 Å². The summed E-state index contributed by atoms with van der Waals surface area (Å²) in [6.07, 6.45) is 0.613. The number of carbonyl (C=O) groups excluding carboxylic acids is 2. The molecule has 0 saturated carbocycles. The van der Waals surface area contributed by atoms with Crippen molar-refractivity contribution in [2.45, 2.75) is 20.3 Å². The number of ether oxygens (including phenoxy) is 2. The van der Waals surface area contributed by atoms with E-state index < -0.39 is 11.9 Å². The van der Waals surface area contributed by atoms with Crippen LogP contribution in [0.3, 0.4) is 0 Å². The molecular weight excluding hydrogens is 352 g/mol. The molecule has 0 aliphatic rings. The predicted molar refractivity (Wildman–Crippen MR) is 108 cm³/mol. The molecule has 0 spiro atoms. The van der Waals surface area contributed by atoms with E-state index in [0.717, 1.165) is 16.7 Å². The Labute approximate surface area is 164 Å². The van der Waals surface area contributed by atoms with E-state index in [0.29, 0.717) is 12.2 Å². The Morgan fingerprint density at radius 1 is 0.750 bits per heavy atom. The monoisotopic (exact) mass is 374 g/mol. The predicted octanol–water partition coefficient (Wildman–Crippen LogP) is 4.92. The van der Waals surface area contributed by atoms with Crippen LogP contribution in [-0.2, 0) is 11.2 Å². The lowest BCUT2D eigenvalue weighted by Crippen LogP contribution is -2.16. The number of benzene rings is 3. The summed E-state index contributed by atoms with van der Waals surface area (Å²) in [5, 5.41) is 0. The lowest BCUT2D eigenvalue weighted by Gasteiger charge is -2.10. The molecule has 4 nitrogen and oxygen atoms in total. The number of rotatable bonds is 6. The third-order valence-corrected chi connectivity index (χ3v) is 4.24. The van der Waals surface area contributed by atoms with Gasteiger partial charge in [-0.3, -0.25) is 0 Å². The van der Waals surface area contributed by atoms with Gasteiger partial charge in [-0.15, -0.1) is 0 Å². The Morgan fingerprint density at radius 3 is 1.96 bits per heavy atom. The molecule has 0 aliphatic carbocycles.